The molecule has 96 valence electrons. The minimum absolute atomic E-state index is 0.570. The van der Waals surface area contributed by atoms with E-state index in [4.69, 9.17) is 9.47 Å². The van der Waals surface area contributed by atoms with Crippen LogP contribution in [0.2, 0.25) is 0 Å². The molecule has 0 saturated heterocycles. The van der Waals surface area contributed by atoms with E-state index in [1.807, 2.05) is 0 Å². The van der Waals surface area contributed by atoms with Crippen molar-refractivity contribution in [3.8, 4) is 0 Å². The van der Waals surface area contributed by atoms with Gasteiger partial charge in [-0.25, -0.2) is 0 Å². The molecule has 1 aliphatic rings. The molecular weight excluding hydrogens is 202 g/mol. The summed E-state index contributed by atoms with van der Waals surface area (Å²) >= 11 is 0. The van der Waals surface area contributed by atoms with Gasteiger partial charge in [-0.1, -0.05) is 13.3 Å². The fourth-order valence-corrected chi connectivity index (χ4v) is 1.85. The monoisotopic (exact) mass is 229 g/mol. The lowest BCUT2D eigenvalue weighted by Crippen LogP contribution is -2.36. The summed E-state index contributed by atoms with van der Waals surface area (Å²) in [5, 5.41) is 3.57. The van der Waals surface area contributed by atoms with Gasteiger partial charge in [-0.05, 0) is 38.1 Å². The number of hydrogen-bond donors (Lipinski definition) is 1. The number of hydrogen-bond acceptors (Lipinski definition) is 3. The topological polar surface area (TPSA) is 30.5 Å². The third-order valence-corrected chi connectivity index (χ3v) is 3.05. The Labute approximate surface area is 99.9 Å². The Morgan fingerprint density at radius 3 is 2.62 bits per heavy atom. The average Bonchev–Trinajstić information content (AvgIpc) is 3.10. The molecule has 0 amide bonds. The first-order valence-corrected chi connectivity index (χ1v) is 6.68. The van der Waals surface area contributed by atoms with Gasteiger partial charge >= 0.3 is 0 Å². The Balaban J connectivity index is 1.88. The summed E-state index contributed by atoms with van der Waals surface area (Å²) < 4.78 is 10.7. The van der Waals surface area contributed by atoms with Gasteiger partial charge in [-0.2, -0.15) is 0 Å². The van der Waals surface area contributed by atoms with Gasteiger partial charge in [0.25, 0.3) is 0 Å². The summed E-state index contributed by atoms with van der Waals surface area (Å²) in [5.41, 5.74) is 0. The maximum Gasteiger partial charge on any atom is 0.0618 e. The molecule has 1 fully saturated rings. The van der Waals surface area contributed by atoms with Gasteiger partial charge in [0, 0.05) is 26.4 Å². The quantitative estimate of drug-likeness (QED) is 0.551. The van der Waals surface area contributed by atoms with Crippen LogP contribution in [-0.4, -0.2) is 39.5 Å². The van der Waals surface area contributed by atoms with Crippen LogP contribution in [0.3, 0.4) is 0 Å². The third kappa shape index (κ3) is 6.46. The van der Waals surface area contributed by atoms with Crippen LogP contribution in [0.25, 0.3) is 0 Å². The Bertz CT molecular complexity index is 160. The molecular formula is C13H27NO2. The standard InChI is InChI=1S/C13H27NO2/c1-3-4-9-16-10-5-8-14-13(11-15-2)12-6-7-12/h12-14H,3-11H2,1-2H3. The van der Waals surface area contributed by atoms with E-state index >= 15 is 0 Å². The number of unbranched alkanes of at least 4 members (excludes halogenated alkanes) is 1. The van der Waals surface area contributed by atoms with E-state index in [2.05, 4.69) is 12.2 Å². The molecule has 0 bridgehead atoms. The minimum atomic E-state index is 0.570. The SMILES string of the molecule is CCCCOCCCNC(COC)C1CC1. The first-order valence-electron chi connectivity index (χ1n) is 6.68. The van der Waals surface area contributed by atoms with E-state index in [9.17, 15) is 0 Å². The maximum atomic E-state index is 5.52. The zero-order chi connectivity index (χ0) is 11.6. The van der Waals surface area contributed by atoms with Crippen molar-refractivity contribution in [1.82, 2.24) is 5.32 Å². The zero-order valence-electron chi connectivity index (χ0n) is 10.8. The molecule has 3 nitrogen and oxygen atoms in total. The summed E-state index contributed by atoms with van der Waals surface area (Å²) in [5.74, 6) is 0.862. The van der Waals surface area contributed by atoms with E-state index < -0.39 is 0 Å². The normalized spacial score (nSPS) is 17.6. The first-order chi connectivity index (χ1) is 7.88. The van der Waals surface area contributed by atoms with Crippen LogP contribution >= 0.6 is 0 Å². The molecule has 1 saturated carbocycles. The molecule has 1 unspecified atom stereocenters. The number of ether oxygens (including phenoxy) is 2. The molecule has 1 N–H and O–H groups in total. The van der Waals surface area contributed by atoms with Crippen LogP contribution in [0.4, 0.5) is 0 Å². The number of methoxy groups -OCH3 is 1. The fraction of sp³-hybridized carbons (Fsp3) is 1.00. The van der Waals surface area contributed by atoms with Crippen LogP contribution in [0, 0.1) is 5.92 Å². The molecule has 1 aliphatic carbocycles. The smallest absolute Gasteiger partial charge is 0.0618 e. The molecule has 0 spiro atoms. The molecule has 1 atom stereocenters. The van der Waals surface area contributed by atoms with Gasteiger partial charge < -0.3 is 14.8 Å². The summed E-state index contributed by atoms with van der Waals surface area (Å²) in [6, 6.07) is 0.570. The second kappa shape index (κ2) is 8.97. The highest BCUT2D eigenvalue weighted by atomic mass is 16.5. The van der Waals surface area contributed by atoms with E-state index in [0.29, 0.717) is 6.04 Å². The lowest BCUT2D eigenvalue weighted by atomic mass is 10.2. The van der Waals surface area contributed by atoms with Crippen molar-refractivity contribution in [3.63, 3.8) is 0 Å². The summed E-state index contributed by atoms with van der Waals surface area (Å²) in [4.78, 5) is 0. The predicted octanol–water partition coefficient (Wildman–Crippen LogP) is 2.21. The molecule has 3 heteroatoms. The average molecular weight is 229 g/mol. The molecule has 16 heavy (non-hydrogen) atoms. The van der Waals surface area contributed by atoms with Gasteiger partial charge in [-0.15, -0.1) is 0 Å². The van der Waals surface area contributed by atoms with E-state index in [0.717, 1.165) is 38.7 Å². The molecule has 0 heterocycles. The van der Waals surface area contributed by atoms with Crippen LogP contribution in [-0.2, 0) is 9.47 Å². The van der Waals surface area contributed by atoms with Crippen molar-refractivity contribution in [2.75, 3.05) is 33.5 Å². The Hall–Kier alpha value is -0.120. The number of rotatable bonds is 11. The van der Waals surface area contributed by atoms with Gasteiger partial charge in [0.1, 0.15) is 0 Å². The molecule has 0 aliphatic heterocycles. The first kappa shape index (κ1) is 13.9. The van der Waals surface area contributed by atoms with E-state index in [1.165, 1.54) is 25.7 Å². The molecule has 0 aromatic rings. The summed E-state index contributed by atoms with van der Waals surface area (Å²) in [6.45, 7) is 5.89. The van der Waals surface area contributed by atoms with Crippen LogP contribution in [0.15, 0.2) is 0 Å². The van der Waals surface area contributed by atoms with Crippen LogP contribution in [0.5, 0.6) is 0 Å². The van der Waals surface area contributed by atoms with Crippen molar-refractivity contribution in [2.24, 2.45) is 5.92 Å². The Morgan fingerprint density at radius 1 is 1.25 bits per heavy atom. The zero-order valence-corrected chi connectivity index (χ0v) is 10.8. The lowest BCUT2D eigenvalue weighted by molar-refractivity contribution is 0.123. The molecule has 0 aromatic heterocycles. The number of nitrogens with one attached hydrogen (secondary N) is 1. The van der Waals surface area contributed by atoms with Crippen molar-refractivity contribution in [2.45, 2.75) is 45.1 Å². The Morgan fingerprint density at radius 2 is 2.00 bits per heavy atom. The third-order valence-electron chi connectivity index (χ3n) is 3.05. The second-order valence-corrected chi connectivity index (χ2v) is 4.67. The molecule has 1 rings (SSSR count). The van der Waals surface area contributed by atoms with Gasteiger partial charge in [0.15, 0.2) is 0 Å². The highest BCUT2D eigenvalue weighted by Gasteiger charge is 2.30. The van der Waals surface area contributed by atoms with Gasteiger partial charge in [-0.3, -0.25) is 0 Å². The highest BCUT2D eigenvalue weighted by Crippen LogP contribution is 2.32. The molecule has 0 radical (unpaired) electrons. The van der Waals surface area contributed by atoms with E-state index in [-0.39, 0.29) is 0 Å². The van der Waals surface area contributed by atoms with Gasteiger partial charge in [0.2, 0.25) is 0 Å². The largest absolute Gasteiger partial charge is 0.383 e. The van der Waals surface area contributed by atoms with E-state index in [1.54, 1.807) is 7.11 Å². The summed E-state index contributed by atoms with van der Waals surface area (Å²) in [7, 11) is 1.78. The Kier molecular flexibility index (Phi) is 7.81. The van der Waals surface area contributed by atoms with Crippen LogP contribution < -0.4 is 5.32 Å². The predicted molar refractivity (Wildman–Crippen MR) is 66.7 cm³/mol. The lowest BCUT2D eigenvalue weighted by Gasteiger charge is -2.17. The summed E-state index contributed by atoms with van der Waals surface area (Å²) in [6.07, 6.45) is 6.25. The fourth-order valence-electron chi connectivity index (χ4n) is 1.85. The van der Waals surface area contributed by atoms with Crippen molar-refractivity contribution < 1.29 is 9.47 Å². The minimum Gasteiger partial charge on any atom is -0.383 e. The van der Waals surface area contributed by atoms with Crippen LogP contribution in [0.1, 0.15) is 39.0 Å². The van der Waals surface area contributed by atoms with Crippen molar-refractivity contribution in [1.29, 1.82) is 0 Å². The van der Waals surface area contributed by atoms with Crippen molar-refractivity contribution in [3.05, 3.63) is 0 Å². The highest BCUT2D eigenvalue weighted by molar-refractivity contribution is 4.86. The second-order valence-electron chi connectivity index (χ2n) is 4.67. The molecule has 0 aromatic carbocycles. The van der Waals surface area contributed by atoms with Gasteiger partial charge in [0.05, 0.1) is 6.61 Å². The maximum absolute atomic E-state index is 5.52. The van der Waals surface area contributed by atoms with Crippen molar-refractivity contribution >= 4 is 0 Å².